The molecule has 4 rings (SSSR count). The predicted octanol–water partition coefficient (Wildman–Crippen LogP) is 4.97. The van der Waals surface area contributed by atoms with Gasteiger partial charge < -0.3 is 4.74 Å². The zero-order valence-electron chi connectivity index (χ0n) is 16.7. The molecular weight excluding hydrogens is 398 g/mol. The SMILES string of the molecule is CC(=O)c1cc2c(OCc3ccccc3)cc(C)cc2n1S(=O)(=O)c1ccccc1. The summed E-state index contributed by atoms with van der Waals surface area (Å²) in [6.45, 7) is 3.57. The smallest absolute Gasteiger partial charge is 0.268 e. The fourth-order valence-electron chi connectivity index (χ4n) is 3.44. The molecule has 0 atom stereocenters. The van der Waals surface area contributed by atoms with Crippen LogP contribution in [0.5, 0.6) is 5.75 Å². The minimum absolute atomic E-state index is 0.101. The highest BCUT2D eigenvalue weighted by Crippen LogP contribution is 2.34. The third kappa shape index (κ3) is 3.62. The second kappa shape index (κ2) is 7.80. The Labute approximate surface area is 175 Å². The molecule has 0 saturated heterocycles. The number of hydrogen-bond acceptors (Lipinski definition) is 4. The molecule has 0 radical (unpaired) electrons. The van der Waals surface area contributed by atoms with Gasteiger partial charge in [0.25, 0.3) is 10.0 Å². The molecule has 0 unspecified atom stereocenters. The lowest BCUT2D eigenvalue weighted by Crippen LogP contribution is -2.17. The van der Waals surface area contributed by atoms with Crippen LogP contribution >= 0.6 is 0 Å². The van der Waals surface area contributed by atoms with E-state index in [4.69, 9.17) is 4.74 Å². The Hall–Kier alpha value is -3.38. The second-order valence-electron chi connectivity index (χ2n) is 7.14. The van der Waals surface area contributed by atoms with E-state index >= 15 is 0 Å². The van der Waals surface area contributed by atoms with Crippen LogP contribution in [0.25, 0.3) is 10.9 Å². The van der Waals surface area contributed by atoms with E-state index in [9.17, 15) is 13.2 Å². The predicted molar refractivity (Wildman–Crippen MR) is 116 cm³/mol. The lowest BCUT2D eigenvalue weighted by Gasteiger charge is -2.12. The first-order valence-corrected chi connectivity index (χ1v) is 11.0. The van der Waals surface area contributed by atoms with Crippen molar-refractivity contribution in [3.63, 3.8) is 0 Å². The number of benzene rings is 3. The summed E-state index contributed by atoms with van der Waals surface area (Å²) in [6, 6.07) is 23.0. The molecule has 1 aromatic heterocycles. The van der Waals surface area contributed by atoms with Gasteiger partial charge in [0.05, 0.1) is 10.4 Å². The molecule has 0 amide bonds. The minimum Gasteiger partial charge on any atom is -0.488 e. The van der Waals surface area contributed by atoms with Crippen LogP contribution < -0.4 is 4.74 Å². The maximum atomic E-state index is 13.4. The van der Waals surface area contributed by atoms with Crippen molar-refractivity contribution in [2.45, 2.75) is 25.3 Å². The van der Waals surface area contributed by atoms with E-state index in [0.717, 1.165) is 15.1 Å². The number of ketones is 1. The van der Waals surface area contributed by atoms with Gasteiger partial charge in [0, 0.05) is 12.3 Å². The van der Waals surface area contributed by atoms with Crippen LogP contribution in [0.2, 0.25) is 0 Å². The Morgan fingerprint density at radius 3 is 2.20 bits per heavy atom. The second-order valence-corrected chi connectivity index (χ2v) is 8.93. The molecule has 30 heavy (non-hydrogen) atoms. The summed E-state index contributed by atoms with van der Waals surface area (Å²) in [4.78, 5) is 12.5. The van der Waals surface area contributed by atoms with E-state index < -0.39 is 10.0 Å². The quantitative estimate of drug-likeness (QED) is 0.414. The highest BCUT2D eigenvalue weighted by atomic mass is 32.2. The van der Waals surface area contributed by atoms with Gasteiger partial charge in [-0.15, -0.1) is 0 Å². The number of rotatable bonds is 6. The number of hydrogen-bond donors (Lipinski definition) is 0. The van der Waals surface area contributed by atoms with Crippen LogP contribution in [0.4, 0.5) is 0 Å². The molecule has 5 nitrogen and oxygen atoms in total. The lowest BCUT2D eigenvalue weighted by molar-refractivity contribution is 0.101. The summed E-state index contributed by atoms with van der Waals surface area (Å²) in [5, 5.41) is 0.584. The summed E-state index contributed by atoms with van der Waals surface area (Å²) in [5.74, 6) is 0.204. The van der Waals surface area contributed by atoms with E-state index in [1.165, 1.54) is 19.1 Å². The van der Waals surface area contributed by atoms with E-state index in [0.29, 0.717) is 23.3 Å². The molecular formula is C24H21NO4S. The van der Waals surface area contributed by atoms with Crippen LogP contribution in [0.1, 0.15) is 28.5 Å². The van der Waals surface area contributed by atoms with Crippen molar-refractivity contribution in [3.05, 3.63) is 95.7 Å². The standard InChI is InChI=1S/C24H21NO4S/c1-17-13-23-21(24(14-17)29-16-19-9-5-3-6-10-19)15-22(18(2)26)25(23)30(27,28)20-11-7-4-8-12-20/h3-15H,16H2,1-2H3. The summed E-state index contributed by atoms with van der Waals surface area (Å²) in [5.41, 5.74) is 2.36. The number of fused-ring (bicyclic) bond motifs is 1. The number of aryl methyl sites for hydroxylation is 1. The average molecular weight is 420 g/mol. The largest absolute Gasteiger partial charge is 0.488 e. The summed E-state index contributed by atoms with van der Waals surface area (Å²) in [6.07, 6.45) is 0. The van der Waals surface area contributed by atoms with E-state index in [-0.39, 0.29) is 16.4 Å². The van der Waals surface area contributed by atoms with Gasteiger partial charge in [-0.05, 0) is 48.4 Å². The summed E-state index contributed by atoms with van der Waals surface area (Å²) >= 11 is 0. The van der Waals surface area contributed by atoms with E-state index in [1.54, 1.807) is 30.3 Å². The first-order chi connectivity index (χ1) is 14.4. The Balaban J connectivity index is 1.90. The number of carbonyl (C=O) groups is 1. The fourth-order valence-corrected chi connectivity index (χ4v) is 5.00. The Morgan fingerprint density at radius 2 is 1.57 bits per heavy atom. The van der Waals surface area contributed by atoms with Crippen molar-refractivity contribution >= 4 is 26.7 Å². The van der Waals surface area contributed by atoms with Crippen molar-refractivity contribution in [1.82, 2.24) is 3.97 Å². The number of nitrogens with zero attached hydrogens (tertiary/aromatic N) is 1. The molecule has 0 fully saturated rings. The minimum atomic E-state index is -3.96. The van der Waals surface area contributed by atoms with Gasteiger partial charge in [-0.25, -0.2) is 12.4 Å². The van der Waals surface area contributed by atoms with Crippen LogP contribution in [-0.2, 0) is 16.6 Å². The number of carbonyl (C=O) groups excluding carboxylic acids is 1. The van der Waals surface area contributed by atoms with E-state index in [1.807, 2.05) is 43.3 Å². The monoisotopic (exact) mass is 419 g/mol. The van der Waals surface area contributed by atoms with Crippen molar-refractivity contribution in [2.75, 3.05) is 0 Å². The van der Waals surface area contributed by atoms with Crippen LogP contribution in [0.15, 0.2) is 83.8 Å². The molecule has 6 heteroatoms. The first-order valence-electron chi connectivity index (χ1n) is 9.52. The highest BCUT2D eigenvalue weighted by Gasteiger charge is 2.26. The molecule has 0 saturated carbocycles. The van der Waals surface area contributed by atoms with E-state index in [2.05, 4.69) is 0 Å². The maximum absolute atomic E-state index is 13.4. The van der Waals surface area contributed by atoms with Gasteiger partial charge in [-0.3, -0.25) is 4.79 Å². The lowest BCUT2D eigenvalue weighted by atomic mass is 10.1. The summed E-state index contributed by atoms with van der Waals surface area (Å²) in [7, 11) is -3.96. The zero-order valence-corrected chi connectivity index (χ0v) is 17.5. The molecule has 152 valence electrons. The van der Waals surface area contributed by atoms with Crippen molar-refractivity contribution in [3.8, 4) is 5.75 Å². The van der Waals surface area contributed by atoms with Gasteiger partial charge in [-0.1, -0.05) is 48.5 Å². The topological polar surface area (TPSA) is 65.4 Å². The normalized spacial score (nSPS) is 11.5. The highest BCUT2D eigenvalue weighted by molar-refractivity contribution is 7.90. The Morgan fingerprint density at radius 1 is 0.933 bits per heavy atom. The Bertz CT molecular complexity index is 1320. The van der Waals surface area contributed by atoms with Gasteiger partial charge in [0.15, 0.2) is 5.78 Å². The molecule has 0 spiro atoms. The summed E-state index contributed by atoms with van der Waals surface area (Å²) < 4.78 is 34.0. The molecule has 0 aliphatic heterocycles. The Kier molecular flexibility index (Phi) is 5.18. The molecule has 0 aliphatic rings. The first kappa shape index (κ1) is 19.9. The van der Waals surface area contributed by atoms with Crippen molar-refractivity contribution in [1.29, 1.82) is 0 Å². The van der Waals surface area contributed by atoms with Crippen LogP contribution in [-0.4, -0.2) is 18.2 Å². The maximum Gasteiger partial charge on any atom is 0.268 e. The molecule has 1 heterocycles. The molecule has 0 bridgehead atoms. The molecule has 3 aromatic carbocycles. The van der Waals surface area contributed by atoms with Crippen LogP contribution in [0, 0.1) is 6.92 Å². The van der Waals surface area contributed by atoms with Crippen LogP contribution in [0.3, 0.4) is 0 Å². The average Bonchev–Trinajstić information content (AvgIpc) is 3.14. The van der Waals surface area contributed by atoms with Gasteiger partial charge in [0.2, 0.25) is 0 Å². The van der Waals surface area contributed by atoms with Gasteiger partial charge in [0.1, 0.15) is 18.1 Å². The number of aromatic nitrogens is 1. The van der Waals surface area contributed by atoms with Gasteiger partial charge in [-0.2, -0.15) is 0 Å². The molecule has 0 aliphatic carbocycles. The molecule has 0 N–H and O–H groups in total. The number of ether oxygens (including phenoxy) is 1. The van der Waals surface area contributed by atoms with Gasteiger partial charge >= 0.3 is 0 Å². The third-order valence-corrected chi connectivity index (χ3v) is 6.60. The zero-order chi connectivity index (χ0) is 21.3. The van der Waals surface area contributed by atoms with Crippen molar-refractivity contribution < 1.29 is 17.9 Å². The van der Waals surface area contributed by atoms with Crippen molar-refractivity contribution in [2.24, 2.45) is 0 Å². The molecule has 4 aromatic rings. The third-order valence-electron chi connectivity index (χ3n) is 4.86. The number of Topliss-reactive ketones (excluding diaryl/α,β-unsaturated/α-hetero) is 1. The fraction of sp³-hybridized carbons (Fsp3) is 0.125.